The van der Waals surface area contributed by atoms with Gasteiger partial charge in [-0.3, -0.25) is 0 Å². The van der Waals surface area contributed by atoms with Crippen LogP contribution >= 0.6 is 0 Å². The van der Waals surface area contributed by atoms with Crippen molar-refractivity contribution < 1.29 is 23.0 Å². The van der Waals surface area contributed by atoms with E-state index >= 15 is 0 Å². The number of hydrogen-bond donors (Lipinski definition) is 0. The van der Waals surface area contributed by atoms with Crippen molar-refractivity contribution in [3.8, 4) is 28.0 Å². The van der Waals surface area contributed by atoms with Gasteiger partial charge in [-0.15, -0.1) is 0 Å². The van der Waals surface area contributed by atoms with Crippen molar-refractivity contribution in [3.63, 3.8) is 0 Å². The Hall–Kier alpha value is -3.21. The molecule has 0 saturated heterocycles. The van der Waals surface area contributed by atoms with Gasteiger partial charge in [0, 0.05) is 11.1 Å². The van der Waals surface area contributed by atoms with Crippen molar-refractivity contribution in [3.05, 3.63) is 77.9 Å². The van der Waals surface area contributed by atoms with Gasteiger partial charge in [0.05, 0.1) is 6.61 Å². The van der Waals surface area contributed by atoms with Crippen molar-refractivity contribution in [1.29, 1.82) is 0 Å². The van der Waals surface area contributed by atoms with E-state index in [2.05, 4.69) is 6.92 Å². The van der Waals surface area contributed by atoms with Gasteiger partial charge in [0.25, 0.3) is 0 Å². The summed E-state index contributed by atoms with van der Waals surface area (Å²) in [5, 5.41) is 0. The summed E-state index contributed by atoms with van der Waals surface area (Å²) in [5.41, 5.74) is 2.68. The molecule has 0 bridgehead atoms. The molecular formula is C27H28F2O3. The van der Waals surface area contributed by atoms with Crippen LogP contribution in [-0.4, -0.2) is 12.8 Å². The predicted octanol–water partition coefficient (Wildman–Crippen LogP) is 7.96. The standard InChI is InChI=1S/C27H28F2O3/c1-3-5-6-7-19-8-10-20(11-9-19)23-16-17-24(26(29)25(23)28)21-12-14-22(15-13-21)32-27(30)31-18-4-2/h8-17H,3-7,18H2,1-2H3. The molecule has 3 aromatic rings. The lowest BCUT2D eigenvalue weighted by atomic mass is 9.97. The summed E-state index contributed by atoms with van der Waals surface area (Å²) in [5.74, 6) is -1.53. The maximum Gasteiger partial charge on any atom is 0.513 e. The fourth-order valence-corrected chi connectivity index (χ4v) is 3.44. The molecule has 0 spiro atoms. The molecule has 5 heteroatoms. The van der Waals surface area contributed by atoms with Crippen molar-refractivity contribution >= 4 is 6.16 Å². The SMILES string of the molecule is CCCCCc1ccc(-c2ccc(-c3ccc(OC(=O)OCCC)cc3)c(F)c2F)cc1. The van der Waals surface area contributed by atoms with E-state index in [9.17, 15) is 13.6 Å². The van der Waals surface area contributed by atoms with E-state index in [1.807, 2.05) is 31.2 Å². The molecular weight excluding hydrogens is 410 g/mol. The Bertz CT molecular complexity index is 1030. The zero-order valence-corrected chi connectivity index (χ0v) is 18.5. The Balaban J connectivity index is 1.75. The highest BCUT2D eigenvalue weighted by molar-refractivity contribution is 5.72. The highest BCUT2D eigenvalue weighted by Crippen LogP contribution is 2.32. The maximum absolute atomic E-state index is 14.9. The van der Waals surface area contributed by atoms with Crippen LogP contribution in [0.2, 0.25) is 0 Å². The number of rotatable bonds is 9. The quantitative estimate of drug-likeness (QED) is 0.193. The molecule has 0 aromatic heterocycles. The Morgan fingerprint density at radius 3 is 1.84 bits per heavy atom. The number of carbonyl (C=O) groups excluding carboxylic acids is 1. The second kappa shape index (κ2) is 11.4. The summed E-state index contributed by atoms with van der Waals surface area (Å²) in [6.07, 6.45) is 4.35. The van der Waals surface area contributed by atoms with E-state index in [1.165, 1.54) is 24.1 Å². The molecule has 0 N–H and O–H groups in total. The lowest BCUT2D eigenvalue weighted by molar-refractivity contribution is 0.0992. The average Bonchev–Trinajstić information content (AvgIpc) is 2.81. The van der Waals surface area contributed by atoms with Gasteiger partial charge in [-0.25, -0.2) is 13.6 Å². The molecule has 0 unspecified atom stereocenters. The normalized spacial score (nSPS) is 10.8. The first kappa shape index (κ1) is 23.5. The number of benzene rings is 3. The Labute approximate surface area is 188 Å². The number of hydrogen-bond acceptors (Lipinski definition) is 3. The topological polar surface area (TPSA) is 35.5 Å². The van der Waals surface area contributed by atoms with Crippen molar-refractivity contribution in [2.45, 2.75) is 46.0 Å². The highest BCUT2D eigenvalue weighted by Gasteiger charge is 2.16. The zero-order chi connectivity index (χ0) is 22.9. The van der Waals surface area contributed by atoms with E-state index in [0.717, 1.165) is 19.3 Å². The largest absolute Gasteiger partial charge is 0.513 e. The minimum atomic E-state index is -0.912. The number of aryl methyl sites for hydroxylation is 1. The summed E-state index contributed by atoms with van der Waals surface area (Å²) in [6.45, 7) is 4.32. The summed E-state index contributed by atoms with van der Waals surface area (Å²) in [7, 11) is 0. The third-order valence-corrected chi connectivity index (χ3v) is 5.21. The van der Waals surface area contributed by atoms with E-state index in [-0.39, 0.29) is 23.5 Å². The van der Waals surface area contributed by atoms with Gasteiger partial charge in [-0.1, -0.05) is 75.2 Å². The average molecular weight is 439 g/mol. The molecule has 3 nitrogen and oxygen atoms in total. The van der Waals surface area contributed by atoms with E-state index in [1.54, 1.807) is 24.3 Å². The fourth-order valence-electron chi connectivity index (χ4n) is 3.44. The van der Waals surface area contributed by atoms with Crippen LogP contribution in [0.15, 0.2) is 60.7 Å². The van der Waals surface area contributed by atoms with Gasteiger partial charge in [-0.05, 0) is 48.1 Å². The fraction of sp³-hybridized carbons (Fsp3) is 0.296. The number of unbranched alkanes of at least 4 members (excludes halogenated alkanes) is 2. The van der Waals surface area contributed by atoms with Crippen LogP contribution in [0.5, 0.6) is 5.75 Å². The third-order valence-electron chi connectivity index (χ3n) is 5.21. The summed E-state index contributed by atoms with van der Waals surface area (Å²) in [6, 6.07) is 17.0. The zero-order valence-electron chi connectivity index (χ0n) is 18.5. The maximum atomic E-state index is 14.9. The van der Waals surface area contributed by atoms with E-state index < -0.39 is 17.8 Å². The van der Waals surface area contributed by atoms with Crippen LogP contribution in [0.1, 0.15) is 45.1 Å². The van der Waals surface area contributed by atoms with E-state index in [4.69, 9.17) is 9.47 Å². The van der Waals surface area contributed by atoms with Gasteiger partial charge in [0.15, 0.2) is 11.6 Å². The van der Waals surface area contributed by atoms with Crippen molar-refractivity contribution in [2.24, 2.45) is 0 Å². The molecule has 0 amide bonds. The molecule has 32 heavy (non-hydrogen) atoms. The van der Waals surface area contributed by atoms with Crippen molar-refractivity contribution in [2.75, 3.05) is 6.61 Å². The lowest BCUT2D eigenvalue weighted by Crippen LogP contribution is -2.10. The molecule has 0 radical (unpaired) electrons. The summed E-state index contributed by atoms with van der Waals surface area (Å²) in [4.78, 5) is 11.5. The molecule has 3 aromatic carbocycles. The molecule has 0 atom stereocenters. The monoisotopic (exact) mass is 438 g/mol. The molecule has 0 aliphatic heterocycles. The molecule has 3 rings (SSSR count). The van der Waals surface area contributed by atoms with Gasteiger partial charge in [0.1, 0.15) is 5.75 Å². The predicted molar refractivity (Wildman–Crippen MR) is 123 cm³/mol. The lowest BCUT2D eigenvalue weighted by Gasteiger charge is -2.11. The minimum Gasteiger partial charge on any atom is -0.434 e. The third kappa shape index (κ3) is 5.94. The number of ether oxygens (including phenoxy) is 2. The van der Waals surface area contributed by atoms with Gasteiger partial charge in [-0.2, -0.15) is 0 Å². The summed E-state index contributed by atoms with van der Waals surface area (Å²) >= 11 is 0. The first-order valence-corrected chi connectivity index (χ1v) is 11.1. The number of carbonyl (C=O) groups is 1. The van der Waals surface area contributed by atoms with Gasteiger partial charge >= 0.3 is 6.16 Å². The van der Waals surface area contributed by atoms with Crippen molar-refractivity contribution in [1.82, 2.24) is 0 Å². The van der Waals surface area contributed by atoms with Crippen LogP contribution in [-0.2, 0) is 11.2 Å². The molecule has 0 fully saturated rings. The van der Waals surface area contributed by atoms with Gasteiger partial charge in [0.2, 0.25) is 0 Å². The number of halogens is 2. The highest BCUT2D eigenvalue weighted by atomic mass is 19.2. The Kier molecular flexibility index (Phi) is 8.37. The van der Waals surface area contributed by atoms with Crippen LogP contribution < -0.4 is 4.74 Å². The molecule has 0 heterocycles. The summed E-state index contributed by atoms with van der Waals surface area (Å²) < 4.78 is 39.7. The molecule has 0 aliphatic rings. The van der Waals surface area contributed by atoms with Crippen LogP contribution in [0.25, 0.3) is 22.3 Å². The second-order valence-corrected chi connectivity index (χ2v) is 7.67. The first-order chi connectivity index (χ1) is 15.5. The van der Waals surface area contributed by atoms with E-state index in [0.29, 0.717) is 17.5 Å². The molecule has 0 saturated carbocycles. The molecule has 0 aliphatic carbocycles. The minimum absolute atomic E-state index is 0.141. The van der Waals surface area contributed by atoms with Gasteiger partial charge < -0.3 is 9.47 Å². The smallest absolute Gasteiger partial charge is 0.434 e. The van der Waals surface area contributed by atoms with Crippen LogP contribution in [0, 0.1) is 11.6 Å². The second-order valence-electron chi connectivity index (χ2n) is 7.67. The Morgan fingerprint density at radius 2 is 1.31 bits per heavy atom. The Morgan fingerprint density at radius 1 is 0.750 bits per heavy atom. The van der Waals surface area contributed by atoms with Crippen LogP contribution in [0.3, 0.4) is 0 Å². The van der Waals surface area contributed by atoms with Crippen LogP contribution in [0.4, 0.5) is 13.6 Å². The first-order valence-electron chi connectivity index (χ1n) is 11.1. The molecule has 168 valence electrons.